The van der Waals surface area contributed by atoms with Gasteiger partial charge in [0.2, 0.25) is 5.89 Å². The molecule has 0 bridgehead atoms. The molecule has 6 heteroatoms. The Bertz CT molecular complexity index is 1040. The highest BCUT2D eigenvalue weighted by Crippen LogP contribution is 2.23. The number of pyridine rings is 1. The molecule has 1 N–H and O–H groups in total. The molecule has 128 valence electrons. The van der Waals surface area contributed by atoms with Gasteiger partial charge in [-0.2, -0.15) is 0 Å². The van der Waals surface area contributed by atoms with E-state index in [9.17, 15) is 9.18 Å². The molecule has 0 fully saturated rings. The molecule has 0 aliphatic heterocycles. The number of aromatic nitrogens is 2. The Morgan fingerprint density at radius 2 is 1.88 bits per heavy atom. The fourth-order valence-electron chi connectivity index (χ4n) is 2.59. The van der Waals surface area contributed by atoms with Crippen molar-refractivity contribution in [2.45, 2.75) is 6.54 Å². The molecule has 2 heterocycles. The molecule has 1 amide bonds. The van der Waals surface area contributed by atoms with Gasteiger partial charge in [0.1, 0.15) is 11.3 Å². The first-order valence-corrected chi connectivity index (χ1v) is 8.03. The van der Waals surface area contributed by atoms with E-state index in [2.05, 4.69) is 15.3 Å². The molecule has 5 nitrogen and oxygen atoms in total. The molecule has 0 spiro atoms. The number of benzene rings is 2. The summed E-state index contributed by atoms with van der Waals surface area (Å²) in [5.41, 5.74) is 3.12. The second-order valence-corrected chi connectivity index (χ2v) is 5.72. The van der Waals surface area contributed by atoms with E-state index < -0.39 is 11.7 Å². The summed E-state index contributed by atoms with van der Waals surface area (Å²) in [6, 6.07) is 15.1. The lowest BCUT2D eigenvalue weighted by Crippen LogP contribution is -2.23. The molecular weight excluding hydrogens is 333 g/mol. The van der Waals surface area contributed by atoms with Crippen LogP contribution in [-0.4, -0.2) is 15.9 Å². The first-order valence-electron chi connectivity index (χ1n) is 8.03. The minimum atomic E-state index is -0.536. The van der Waals surface area contributed by atoms with E-state index in [0.717, 1.165) is 11.1 Å². The van der Waals surface area contributed by atoms with Gasteiger partial charge in [-0.15, -0.1) is 0 Å². The summed E-state index contributed by atoms with van der Waals surface area (Å²) in [7, 11) is 0. The van der Waals surface area contributed by atoms with Gasteiger partial charge in [0.25, 0.3) is 5.91 Å². The molecule has 0 radical (unpaired) electrons. The summed E-state index contributed by atoms with van der Waals surface area (Å²) >= 11 is 0. The third-order valence-electron chi connectivity index (χ3n) is 3.96. The number of nitrogens with zero attached hydrogens (tertiary/aromatic N) is 2. The van der Waals surface area contributed by atoms with Crippen LogP contribution in [0.3, 0.4) is 0 Å². The van der Waals surface area contributed by atoms with E-state index in [0.29, 0.717) is 23.5 Å². The number of carbonyl (C=O) groups is 1. The van der Waals surface area contributed by atoms with Crippen molar-refractivity contribution >= 4 is 17.0 Å². The van der Waals surface area contributed by atoms with Gasteiger partial charge in [-0.05, 0) is 29.8 Å². The molecule has 0 atom stereocenters. The number of halogens is 1. The van der Waals surface area contributed by atoms with Crippen LogP contribution in [0.1, 0.15) is 15.9 Å². The number of fused-ring (bicyclic) bond motifs is 1. The van der Waals surface area contributed by atoms with Crippen LogP contribution in [0.15, 0.2) is 71.4 Å². The lowest BCUT2D eigenvalue weighted by atomic mass is 10.1. The highest BCUT2D eigenvalue weighted by molar-refractivity contribution is 5.94. The molecular formula is C20H14FN3O2. The molecule has 2 aromatic heterocycles. The Kier molecular flexibility index (Phi) is 4.15. The largest absolute Gasteiger partial charge is 0.436 e. The summed E-state index contributed by atoms with van der Waals surface area (Å²) in [5.74, 6) is -0.473. The van der Waals surface area contributed by atoms with Gasteiger partial charge < -0.3 is 9.73 Å². The van der Waals surface area contributed by atoms with Crippen LogP contribution >= 0.6 is 0 Å². The summed E-state index contributed by atoms with van der Waals surface area (Å²) < 4.78 is 19.3. The average molecular weight is 347 g/mol. The topological polar surface area (TPSA) is 68.0 Å². The fourth-order valence-corrected chi connectivity index (χ4v) is 2.59. The first-order chi connectivity index (χ1) is 12.7. The zero-order valence-electron chi connectivity index (χ0n) is 13.6. The SMILES string of the molecule is O=C(NCc1ccc(-c2nc3cnccc3o2)cc1)c1ccccc1F. The van der Waals surface area contributed by atoms with Crippen LogP contribution in [0, 0.1) is 5.82 Å². The first kappa shape index (κ1) is 16.0. The summed E-state index contributed by atoms with van der Waals surface area (Å²) in [6.45, 7) is 0.297. The van der Waals surface area contributed by atoms with E-state index in [1.54, 1.807) is 30.6 Å². The second-order valence-electron chi connectivity index (χ2n) is 5.72. The van der Waals surface area contributed by atoms with Crippen molar-refractivity contribution < 1.29 is 13.6 Å². The van der Waals surface area contributed by atoms with E-state index in [1.807, 2.05) is 24.3 Å². The summed E-state index contributed by atoms with van der Waals surface area (Å²) in [6.07, 6.45) is 3.30. The number of oxazole rings is 1. The van der Waals surface area contributed by atoms with Gasteiger partial charge in [-0.3, -0.25) is 9.78 Å². The summed E-state index contributed by atoms with van der Waals surface area (Å²) in [4.78, 5) is 20.5. The molecule has 26 heavy (non-hydrogen) atoms. The van der Waals surface area contributed by atoms with Crippen molar-refractivity contribution in [3.05, 3.63) is 83.9 Å². The molecule has 4 aromatic rings. The third-order valence-corrected chi connectivity index (χ3v) is 3.96. The predicted octanol–water partition coefficient (Wildman–Crippen LogP) is 3.96. The van der Waals surface area contributed by atoms with Crippen LogP contribution in [0.5, 0.6) is 0 Å². The smallest absolute Gasteiger partial charge is 0.254 e. The lowest BCUT2D eigenvalue weighted by molar-refractivity contribution is 0.0947. The zero-order chi connectivity index (χ0) is 17.9. The van der Waals surface area contributed by atoms with Crippen molar-refractivity contribution in [2.24, 2.45) is 0 Å². The van der Waals surface area contributed by atoms with E-state index in [-0.39, 0.29) is 5.56 Å². The predicted molar refractivity (Wildman–Crippen MR) is 94.8 cm³/mol. The highest BCUT2D eigenvalue weighted by atomic mass is 19.1. The molecule has 2 aromatic carbocycles. The van der Waals surface area contributed by atoms with Crippen LogP contribution in [0.2, 0.25) is 0 Å². The van der Waals surface area contributed by atoms with Crippen molar-refractivity contribution in [3.63, 3.8) is 0 Å². The number of carbonyl (C=O) groups excluding carboxylic acids is 1. The van der Waals surface area contributed by atoms with Crippen LogP contribution in [0.25, 0.3) is 22.6 Å². The Morgan fingerprint density at radius 3 is 2.65 bits per heavy atom. The molecule has 0 saturated carbocycles. The number of hydrogen-bond donors (Lipinski definition) is 1. The van der Waals surface area contributed by atoms with Gasteiger partial charge in [0.05, 0.1) is 11.8 Å². The quantitative estimate of drug-likeness (QED) is 0.607. The van der Waals surface area contributed by atoms with Gasteiger partial charge in [-0.25, -0.2) is 9.37 Å². The fraction of sp³-hybridized carbons (Fsp3) is 0.0500. The normalized spacial score (nSPS) is 10.8. The molecule has 0 aliphatic carbocycles. The van der Waals surface area contributed by atoms with E-state index in [1.165, 1.54) is 12.1 Å². The lowest BCUT2D eigenvalue weighted by Gasteiger charge is -2.06. The molecule has 0 unspecified atom stereocenters. The van der Waals surface area contributed by atoms with Gasteiger partial charge >= 0.3 is 0 Å². The van der Waals surface area contributed by atoms with Gasteiger partial charge in [0, 0.05) is 24.4 Å². The Labute approximate surface area is 148 Å². The van der Waals surface area contributed by atoms with Gasteiger partial charge in [-0.1, -0.05) is 24.3 Å². The third kappa shape index (κ3) is 3.17. The maximum atomic E-state index is 13.6. The minimum Gasteiger partial charge on any atom is -0.436 e. The van der Waals surface area contributed by atoms with E-state index in [4.69, 9.17) is 4.42 Å². The number of nitrogens with one attached hydrogen (secondary N) is 1. The van der Waals surface area contributed by atoms with Crippen molar-refractivity contribution in [1.29, 1.82) is 0 Å². The van der Waals surface area contributed by atoms with Crippen molar-refractivity contribution in [2.75, 3.05) is 0 Å². The molecule has 4 rings (SSSR count). The number of rotatable bonds is 4. The zero-order valence-corrected chi connectivity index (χ0v) is 13.6. The average Bonchev–Trinajstić information content (AvgIpc) is 3.11. The Hall–Kier alpha value is -3.54. The highest BCUT2D eigenvalue weighted by Gasteiger charge is 2.11. The Morgan fingerprint density at radius 1 is 1.08 bits per heavy atom. The Balaban J connectivity index is 1.46. The number of amides is 1. The van der Waals surface area contributed by atoms with Crippen LogP contribution < -0.4 is 5.32 Å². The van der Waals surface area contributed by atoms with Crippen molar-refractivity contribution in [1.82, 2.24) is 15.3 Å². The number of hydrogen-bond acceptors (Lipinski definition) is 4. The van der Waals surface area contributed by atoms with Crippen LogP contribution in [0.4, 0.5) is 4.39 Å². The monoisotopic (exact) mass is 347 g/mol. The minimum absolute atomic E-state index is 0.0317. The van der Waals surface area contributed by atoms with Gasteiger partial charge in [0.15, 0.2) is 5.58 Å². The summed E-state index contributed by atoms with van der Waals surface area (Å²) in [5, 5.41) is 2.71. The van der Waals surface area contributed by atoms with E-state index >= 15 is 0 Å². The van der Waals surface area contributed by atoms with Crippen molar-refractivity contribution in [3.8, 4) is 11.5 Å². The molecule has 0 aliphatic rings. The maximum Gasteiger partial charge on any atom is 0.254 e. The standard InChI is InChI=1S/C20H14FN3O2/c21-16-4-2-1-3-15(16)19(25)23-11-13-5-7-14(8-6-13)20-24-17-12-22-10-9-18(17)26-20/h1-10,12H,11H2,(H,23,25). The van der Waals surface area contributed by atoms with Crippen LogP contribution in [-0.2, 0) is 6.54 Å². The maximum absolute atomic E-state index is 13.6. The molecule has 0 saturated heterocycles. The second kappa shape index (κ2) is 6.76.